The van der Waals surface area contributed by atoms with Crippen LogP contribution in [0, 0.1) is 13.8 Å². The number of nitrogens with one attached hydrogen (secondary N) is 2. The zero-order valence-corrected chi connectivity index (χ0v) is 34.2. The van der Waals surface area contributed by atoms with Gasteiger partial charge in [-0.3, -0.25) is 24.4 Å². The molecule has 2 amide bonds. The van der Waals surface area contributed by atoms with E-state index in [0.717, 1.165) is 75.5 Å². The van der Waals surface area contributed by atoms with Crippen molar-refractivity contribution in [2.75, 3.05) is 72.4 Å². The molecule has 2 atom stereocenters. The molecule has 4 aliphatic rings. The summed E-state index contributed by atoms with van der Waals surface area (Å²) >= 11 is 0. The summed E-state index contributed by atoms with van der Waals surface area (Å²) in [7, 11) is 0. The number of carbonyl (C=O) groups is 3. The highest BCUT2D eigenvalue weighted by Gasteiger charge is 2.41. The van der Waals surface area contributed by atoms with Crippen LogP contribution < -0.4 is 5.73 Å². The van der Waals surface area contributed by atoms with Crippen LogP contribution >= 0.6 is 0 Å². The first kappa shape index (κ1) is 41.2. The number of fused-ring (bicyclic) bond motifs is 8. The number of aliphatic hydroxyl groups is 1. The summed E-state index contributed by atoms with van der Waals surface area (Å²) in [5, 5.41) is 10.00. The fourth-order valence-corrected chi connectivity index (χ4v) is 8.53. The molecule has 3 aromatic rings. The Balaban J connectivity index is 1.46. The Morgan fingerprint density at radius 2 is 1.71 bits per heavy atom. The van der Waals surface area contributed by atoms with Crippen molar-refractivity contribution < 1.29 is 33.7 Å². The van der Waals surface area contributed by atoms with Crippen LogP contribution in [-0.2, 0) is 19.0 Å². The minimum atomic E-state index is -0.495. The van der Waals surface area contributed by atoms with Gasteiger partial charge in [0.1, 0.15) is 6.61 Å². The van der Waals surface area contributed by atoms with Gasteiger partial charge < -0.3 is 35.0 Å². The highest BCUT2D eigenvalue weighted by molar-refractivity contribution is 6.23. The molecular formula is C44H55N7O7. The van der Waals surface area contributed by atoms with Crippen molar-refractivity contribution in [1.29, 1.82) is 0 Å². The predicted octanol–water partition coefficient (Wildman–Crippen LogP) is 5.39. The molecule has 0 radical (unpaired) electrons. The van der Waals surface area contributed by atoms with Gasteiger partial charge in [-0.15, -0.1) is 0 Å². The number of rotatable bonds is 14. The first-order chi connectivity index (χ1) is 28.1. The number of amides is 2. The molecule has 58 heavy (non-hydrogen) atoms. The number of nitrogens with zero attached hydrogens (tertiary/aromatic N) is 4. The first-order valence-corrected chi connectivity index (χ1v) is 20.4. The smallest absolute Gasteiger partial charge is 0.330 e. The van der Waals surface area contributed by atoms with Crippen LogP contribution in [-0.4, -0.2) is 125 Å². The van der Waals surface area contributed by atoms with Crippen LogP contribution in [0.4, 0.5) is 0 Å². The fraction of sp³-hybridized carbons (Fsp3) is 0.477. The average molecular weight is 794 g/mol. The van der Waals surface area contributed by atoms with Crippen molar-refractivity contribution in [3.05, 3.63) is 74.9 Å². The Labute approximate surface area is 338 Å². The van der Waals surface area contributed by atoms with E-state index in [1.54, 1.807) is 6.08 Å². The molecule has 14 nitrogen and oxygen atoms in total. The van der Waals surface area contributed by atoms with Crippen LogP contribution in [0.2, 0.25) is 0 Å². The van der Waals surface area contributed by atoms with Crippen LogP contribution in [0.25, 0.3) is 39.3 Å². The number of H-pyrrole nitrogens is 2. The lowest BCUT2D eigenvalue weighted by Crippen LogP contribution is -2.47. The van der Waals surface area contributed by atoms with Gasteiger partial charge in [-0.05, 0) is 86.6 Å². The number of carbonyl (C=O) groups excluding carboxylic acids is 3. The quantitative estimate of drug-likeness (QED) is 0.0709. The molecule has 0 unspecified atom stereocenters. The highest BCUT2D eigenvalue weighted by Crippen LogP contribution is 2.44. The number of aryl methyl sites for hydroxylation is 2. The summed E-state index contributed by atoms with van der Waals surface area (Å²) < 4.78 is 16.3. The second-order valence-electron chi connectivity index (χ2n) is 15.4. The molecule has 14 heteroatoms. The lowest BCUT2D eigenvalue weighted by molar-refractivity contribution is -0.139. The maximum Gasteiger partial charge on any atom is 0.330 e. The maximum absolute atomic E-state index is 14.8. The Hall–Kier alpha value is -4.99. The van der Waals surface area contributed by atoms with E-state index in [1.165, 1.54) is 11.0 Å². The number of esters is 1. The molecule has 308 valence electrons. The number of aliphatic hydroxyl groups excluding tert-OH is 1. The van der Waals surface area contributed by atoms with E-state index in [1.807, 2.05) is 32.0 Å². The molecular weight excluding hydrogens is 739 g/mol. The van der Waals surface area contributed by atoms with Gasteiger partial charge in [0, 0.05) is 85.0 Å². The first-order valence-electron chi connectivity index (χ1n) is 20.4. The largest absolute Gasteiger partial charge is 0.460 e. The van der Waals surface area contributed by atoms with Gasteiger partial charge in [-0.2, -0.15) is 0 Å². The molecule has 1 saturated heterocycles. The van der Waals surface area contributed by atoms with E-state index in [2.05, 4.69) is 35.6 Å². The third kappa shape index (κ3) is 8.03. The molecule has 1 fully saturated rings. The molecule has 3 aromatic heterocycles. The van der Waals surface area contributed by atoms with Gasteiger partial charge >= 0.3 is 5.97 Å². The zero-order valence-electron chi connectivity index (χ0n) is 34.2. The molecule has 5 N–H and O–H groups in total. The van der Waals surface area contributed by atoms with Crippen LogP contribution in [0.15, 0.2) is 24.3 Å². The third-order valence-corrected chi connectivity index (χ3v) is 11.9. The third-order valence-electron chi connectivity index (χ3n) is 11.9. The van der Waals surface area contributed by atoms with Crippen molar-refractivity contribution in [2.24, 2.45) is 5.73 Å². The van der Waals surface area contributed by atoms with Crippen LogP contribution in [0.5, 0.6) is 0 Å². The molecule has 0 spiro atoms. The van der Waals surface area contributed by atoms with Crippen LogP contribution in [0.1, 0.15) is 112 Å². The minimum absolute atomic E-state index is 0.00359. The molecule has 7 rings (SSSR count). The van der Waals surface area contributed by atoms with Gasteiger partial charge in [0.25, 0.3) is 11.8 Å². The Bertz CT molecular complexity index is 2320. The monoisotopic (exact) mass is 793 g/mol. The Morgan fingerprint density at radius 1 is 0.966 bits per heavy atom. The summed E-state index contributed by atoms with van der Waals surface area (Å²) in [6, 6.07) is 5.99. The van der Waals surface area contributed by atoms with E-state index in [9.17, 15) is 19.5 Å². The number of aromatic nitrogens is 4. The Morgan fingerprint density at radius 3 is 2.45 bits per heavy atom. The van der Waals surface area contributed by atoms with E-state index < -0.39 is 5.97 Å². The second kappa shape index (κ2) is 17.9. The number of nitrogens with two attached hydrogens (primary N) is 1. The van der Waals surface area contributed by atoms with Crippen molar-refractivity contribution in [2.45, 2.75) is 65.7 Å². The van der Waals surface area contributed by atoms with Crippen LogP contribution in [0.3, 0.4) is 0 Å². The summed E-state index contributed by atoms with van der Waals surface area (Å²) in [4.78, 5) is 63.2. The number of morpholine rings is 1. The molecule has 7 heterocycles. The topological polar surface area (TPSA) is 189 Å². The van der Waals surface area contributed by atoms with E-state index >= 15 is 0 Å². The SMILES string of the molecule is CCC1=C(C)c2cc3[nH]c(cc4nc(c5c6[nH]c(cc1n2)c(C)c6C(=O)N(CCN1CCOCC1)C5=O)[C@@H](CCCO)[C@@H]4C)c(C)c3/C=C/C(=O)OCCOCCN. The Kier molecular flexibility index (Phi) is 12.7. The summed E-state index contributed by atoms with van der Waals surface area (Å²) in [5.74, 6) is -1.53. The predicted molar refractivity (Wildman–Crippen MR) is 223 cm³/mol. The number of hydrogen-bond donors (Lipinski definition) is 4. The van der Waals surface area contributed by atoms with Crippen molar-refractivity contribution >= 4 is 57.1 Å². The van der Waals surface area contributed by atoms with Gasteiger partial charge in [-0.1, -0.05) is 13.8 Å². The van der Waals surface area contributed by atoms with E-state index in [-0.39, 0.29) is 50.0 Å². The molecule has 0 aliphatic carbocycles. The second-order valence-corrected chi connectivity index (χ2v) is 15.4. The zero-order chi connectivity index (χ0) is 41.1. The maximum atomic E-state index is 14.8. The average Bonchev–Trinajstić information content (AvgIpc) is 3.89. The summed E-state index contributed by atoms with van der Waals surface area (Å²) in [5.41, 5.74) is 16.5. The number of allylic oxidation sites excluding steroid dienone is 2. The lowest BCUT2D eigenvalue weighted by Gasteiger charge is -2.31. The molecule has 0 aromatic carbocycles. The van der Waals surface area contributed by atoms with Gasteiger partial charge in [0.2, 0.25) is 0 Å². The minimum Gasteiger partial charge on any atom is -0.460 e. The number of ether oxygens (including phenoxy) is 3. The number of hydrogen-bond acceptors (Lipinski definition) is 11. The molecule has 4 aliphatic heterocycles. The fourth-order valence-electron chi connectivity index (χ4n) is 8.53. The van der Waals surface area contributed by atoms with Crippen molar-refractivity contribution in [3.63, 3.8) is 0 Å². The number of imide groups is 1. The molecule has 0 saturated carbocycles. The standard InChI is InChI=1S/C44H55N7O7/c1-6-29-25(2)33-23-37-30(9-10-38(53)58-21-20-56-17-11-45)26(3)32(47-37)22-34-27(4)31(8-7-16-52)41(48-34)40-42-39(28(5)35(49-42)24-36(29)46-33)43(54)51(44(40)55)13-12-50-14-18-57-19-15-50/h9-10,22-24,27,31,47,49,52H,6-8,11-21,45H2,1-5H3/b10-9+,32-22?,33-23?,34-22?,35-24?,36-24?,37-23?,41-40?/t27-,31-/m0/s1. The normalized spacial score (nSPS) is 18.6. The van der Waals surface area contributed by atoms with Gasteiger partial charge in [0.05, 0.1) is 60.2 Å². The molecule has 8 bridgehead atoms. The van der Waals surface area contributed by atoms with Crippen molar-refractivity contribution in [1.82, 2.24) is 29.7 Å². The van der Waals surface area contributed by atoms with Crippen molar-refractivity contribution in [3.8, 4) is 0 Å². The van der Waals surface area contributed by atoms with E-state index in [4.69, 9.17) is 29.9 Å². The summed E-state index contributed by atoms with van der Waals surface area (Å²) in [6.45, 7) is 14.8. The lowest BCUT2D eigenvalue weighted by atomic mass is 9.84. The summed E-state index contributed by atoms with van der Waals surface area (Å²) in [6.07, 6.45) is 5.00. The number of aromatic amines is 2. The van der Waals surface area contributed by atoms with Gasteiger partial charge in [0.15, 0.2) is 0 Å². The van der Waals surface area contributed by atoms with Gasteiger partial charge in [-0.25, -0.2) is 9.78 Å². The highest BCUT2D eigenvalue weighted by atomic mass is 16.6. The van der Waals surface area contributed by atoms with E-state index in [0.29, 0.717) is 73.6 Å².